The lowest BCUT2D eigenvalue weighted by Gasteiger charge is -2.15. The molecule has 30 heavy (non-hydrogen) atoms. The summed E-state index contributed by atoms with van der Waals surface area (Å²) in [4.78, 5) is 42.9. The molecule has 0 radical (unpaired) electrons. The fraction of sp³-hybridized carbons (Fsp3) is 0.364. The number of hydrogen-bond acceptors (Lipinski definition) is 7. The van der Waals surface area contributed by atoms with Crippen molar-refractivity contribution in [3.8, 4) is 0 Å². The van der Waals surface area contributed by atoms with Crippen molar-refractivity contribution in [3.05, 3.63) is 63.0 Å². The summed E-state index contributed by atoms with van der Waals surface area (Å²) in [7, 11) is 0. The van der Waals surface area contributed by atoms with Crippen molar-refractivity contribution >= 4 is 33.5 Å². The van der Waals surface area contributed by atoms with Crippen LogP contribution in [-0.4, -0.2) is 28.1 Å². The lowest BCUT2D eigenvalue weighted by atomic mass is 10.2. The molecule has 0 aliphatic carbocycles. The number of carbonyl (C=O) groups excluding carboxylic acids is 2. The van der Waals surface area contributed by atoms with Crippen LogP contribution in [0.25, 0.3) is 10.2 Å². The average Bonchev–Trinajstić information content (AvgIpc) is 3.08. The maximum Gasteiger partial charge on any atom is 0.349 e. The summed E-state index contributed by atoms with van der Waals surface area (Å²) in [5.74, 6) is -0.806. The van der Waals surface area contributed by atoms with Gasteiger partial charge in [0.1, 0.15) is 22.4 Å². The first kappa shape index (κ1) is 21.7. The van der Waals surface area contributed by atoms with Crippen LogP contribution in [0.5, 0.6) is 0 Å². The average molecular weight is 429 g/mol. The first-order valence-electron chi connectivity index (χ1n) is 9.67. The van der Waals surface area contributed by atoms with E-state index < -0.39 is 18.0 Å². The first-order chi connectivity index (χ1) is 14.3. The Morgan fingerprint density at radius 1 is 1.13 bits per heavy atom. The largest absolute Gasteiger partial charge is 0.464 e. The van der Waals surface area contributed by atoms with Gasteiger partial charge in [-0.05, 0) is 30.9 Å². The third kappa shape index (κ3) is 4.59. The van der Waals surface area contributed by atoms with Gasteiger partial charge >= 0.3 is 11.9 Å². The Hall–Kier alpha value is -3.00. The van der Waals surface area contributed by atoms with Crippen molar-refractivity contribution in [1.29, 1.82) is 0 Å². The smallest absolute Gasteiger partial charge is 0.349 e. The highest BCUT2D eigenvalue weighted by molar-refractivity contribution is 7.20. The van der Waals surface area contributed by atoms with Crippen LogP contribution in [-0.2, 0) is 20.9 Å². The molecule has 1 aromatic carbocycles. The van der Waals surface area contributed by atoms with E-state index in [9.17, 15) is 14.4 Å². The number of hydrogen-bond donors (Lipinski definition) is 0. The zero-order chi connectivity index (χ0) is 21.8. The molecule has 2 aromatic heterocycles. The summed E-state index contributed by atoms with van der Waals surface area (Å²) in [5.41, 5.74) is 0.992. The fourth-order valence-corrected chi connectivity index (χ4v) is 3.91. The van der Waals surface area contributed by atoms with Crippen molar-refractivity contribution < 1.29 is 19.1 Å². The van der Waals surface area contributed by atoms with Gasteiger partial charge in [0.15, 0.2) is 0 Å². The summed E-state index contributed by atoms with van der Waals surface area (Å²) in [5, 5.41) is 0.317. The summed E-state index contributed by atoms with van der Waals surface area (Å²) >= 11 is 1.11. The van der Waals surface area contributed by atoms with Gasteiger partial charge in [0.05, 0.1) is 18.3 Å². The van der Waals surface area contributed by atoms with Crippen LogP contribution < -0.4 is 5.56 Å². The van der Waals surface area contributed by atoms with E-state index in [1.165, 1.54) is 10.9 Å². The number of rotatable bonds is 7. The number of aryl methyl sites for hydroxylation is 1. The molecule has 0 N–H and O–H groups in total. The maximum atomic E-state index is 13.0. The van der Waals surface area contributed by atoms with Crippen LogP contribution in [0.3, 0.4) is 0 Å². The van der Waals surface area contributed by atoms with E-state index in [1.54, 1.807) is 13.8 Å². The van der Waals surface area contributed by atoms with Crippen molar-refractivity contribution in [2.45, 2.75) is 40.3 Å². The third-order valence-corrected chi connectivity index (χ3v) is 5.77. The second-order valence-electron chi connectivity index (χ2n) is 7.45. The van der Waals surface area contributed by atoms with E-state index >= 15 is 0 Å². The van der Waals surface area contributed by atoms with Crippen LogP contribution in [0.2, 0.25) is 0 Å². The van der Waals surface area contributed by atoms with Gasteiger partial charge in [-0.1, -0.05) is 44.2 Å². The molecule has 1 unspecified atom stereocenters. The molecule has 2 heterocycles. The normalized spacial score (nSPS) is 12.2. The van der Waals surface area contributed by atoms with Crippen LogP contribution in [0, 0.1) is 12.8 Å². The summed E-state index contributed by atoms with van der Waals surface area (Å²) in [6.45, 7) is 7.57. The first-order valence-corrected chi connectivity index (χ1v) is 10.5. The quantitative estimate of drug-likeness (QED) is 0.531. The van der Waals surface area contributed by atoms with Gasteiger partial charge in [-0.25, -0.2) is 14.6 Å². The summed E-state index contributed by atoms with van der Waals surface area (Å²) in [6.07, 6.45) is 1.32. The number of aromatic nitrogens is 2. The van der Waals surface area contributed by atoms with Gasteiger partial charge < -0.3 is 9.47 Å². The van der Waals surface area contributed by atoms with Gasteiger partial charge in [-0.3, -0.25) is 9.36 Å². The minimum Gasteiger partial charge on any atom is -0.464 e. The van der Waals surface area contributed by atoms with E-state index in [2.05, 4.69) is 4.98 Å². The van der Waals surface area contributed by atoms with E-state index in [0.29, 0.717) is 20.7 Å². The molecule has 0 aliphatic rings. The van der Waals surface area contributed by atoms with Crippen molar-refractivity contribution in [3.63, 3.8) is 0 Å². The maximum absolute atomic E-state index is 13.0. The molecule has 0 spiro atoms. The fourth-order valence-electron chi connectivity index (χ4n) is 2.88. The number of nitrogens with zero attached hydrogens (tertiary/aromatic N) is 2. The molecule has 7 nitrogen and oxygen atoms in total. The number of ether oxygens (including phenoxy) is 2. The molecular weight excluding hydrogens is 404 g/mol. The van der Waals surface area contributed by atoms with E-state index in [-0.39, 0.29) is 24.7 Å². The Labute approximate surface area is 178 Å². The van der Waals surface area contributed by atoms with Crippen LogP contribution in [0.15, 0.2) is 41.5 Å². The molecule has 0 saturated heterocycles. The minimum atomic E-state index is -0.819. The molecule has 0 bridgehead atoms. The topological polar surface area (TPSA) is 87.5 Å². The third-order valence-electron chi connectivity index (χ3n) is 4.59. The molecule has 3 rings (SSSR count). The summed E-state index contributed by atoms with van der Waals surface area (Å²) in [6, 6.07) is 8.54. The van der Waals surface area contributed by atoms with Crippen molar-refractivity contribution in [2.24, 2.45) is 5.92 Å². The molecule has 3 aromatic rings. The predicted molar refractivity (Wildman–Crippen MR) is 115 cm³/mol. The van der Waals surface area contributed by atoms with Crippen LogP contribution in [0.1, 0.15) is 47.6 Å². The molecule has 0 fully saturated rings. The molecule has 158 valence electrons. The van der Waals surface area contributed by atoms with Crippen molar-refractivity contribution in [1.82, 2.24) is 9.55 Å². The van der Waals surface area contributed by atoms with E-state index in [1.807, 2.05) is 44.2 Å². The van der Waals surface area contributed by atoms with Gasteiger partial charge in [0, 0.05) is 0 Å². The lowest BCUT2D eigenvalue weighted by Crippen LogP contribution is -2.30. The number of esters is 2. The Morgan fingerprint density at radius 3 is 2.50 bits per heavy atom. The van der Waals surface area contributed by atoms with Crippen LogP contribution >= 0.6 is 11.3 Å². The van der Waals surface area contributed by atoms with Crippen LogP contribution in [0.4, 0.5) is 0 Å². The highest BCUT2D eigenvalue weighted by Gasteiger charge is 2.24. The molecule has 0 aliphatic heterocycles. The Morgan fingerprint density at radius 2 is 1.83 bits per heavy atom. The van der Waals surface area contributed by atoms with Gasteiger partial charge in [0.25, 0.3) is 5.56 Å². The molecule has 8 heteroatoms. The Kier molecular flexibility index (Phi) is 6.66. The molecular formula is C22H24N2O5S. The zero-order valence-electron chi connectivity index (χ0n) is 17.4. The predicted octanol–water partition coefficient (Wildman–Crippen LogP) is 3.88. The monoisotopic (exact) mass is 428 g/mol. The Balaban J connectivity index is 1.85. The van der Waals surface area contributed by atoms with E-state index in [4.69, 9.17) is 9.47 Å². The number of thiophene rings is 1. The molecule has 1 atom stereocenters. The van der Waals surface area contributed by atoms with E-state index in [0.717, 1.165) is 16.9 Å². The molecule has 0 amide bonds. The van der Waals surface area contributed by atoms with Gasteiger partial charge in [-0.2, -0.15) is 0 Å². The summed E-state index contributed by atoms with van der Waals surface area (Å²) < 4.78 is 11.9. The second kappa shape index (κ2) is 9.21. The number of fused-ring (bicyclic) bond motifs is 1. The minimum absolute atomic E-state index is 0.143. The highest BCUT2D eigenvalue weighted by Crippen LogP contribution is 2.28. The SMILES string of the molecule is Cc1c(C(=O)OCc2ccccc2)sc2ncn(C(C)C(=O)OCC(C)C)c(=O)c12. The molecule has 0 saturated carbocycles. The second-order valence-corrected chi connectivity index (χ2v) is 8.45. The Bertz CT molecular complexity index is 1120. The number of benzene rings is 1. The standard InChI is InChI=1S/C22H24N2O5S/c1-13(2)10-28-21(26)15(4)24-12-23-19-17(20(24)25)14(3)18(30-19)22(27)29-11-16-8-6-5-7-9-16/h5-9,12-13,15H,10-11H2,1-4H3. The van der Waals surface area contributed by atoms with Gasteiger partial charge in [0.2, 0.25) is 0 Å². The highest BCUT2D eigenvalue weighted by atomic mass is 32.1. The van der Waals surface area contributed by atoms with Crippen molar-refractivity contribution in [2.75, 3.05) is 6.61 Å². The zero-order valence-corrected chi connectivity index (χ0v) is 18.2. The lowest BCUT2D eigenvalue weighted by molar-refractivity contribution is -0.148. The number of carbonyl (C=O) groups is 2. The van der Waals surface area contributed by atoms with Gasteiger partial charge in [-0.15, -0.1) is 11.3 Å².